The topological polar surface area (TPSA) is 12.5 Å². The number of ether oxygens (including phenoxy) is 1. The Hall–Kier alpha value is -1.18. The van der Waals surface area contributed by atoms with Crippen LogP contribution in [-0.4, -0.2) is 12.2 Å². The minimum Gasteiger partial charge on any atom is -0.369 e. The lowest BCUT2D eigenvalue weighted by Crippen LogP contribution is -1.92. The van der Waals surface area contributed by atoms with Crippen LogP contribution in [0.15, 0.2) is 12.7 Å². The van der Waals surface area contributed by atoms with Crippen LogP contribution in [0.5, 0.6) is 0 Å². The van der Waals surface area contributed by atoms with Gasteiger partial charge in [0.1, 0.15) is 0 Å². The number of epoxide rings is 1. The zero-order chi connectivity index (χ0) is 10.9. The Morgan fingerprint density at radius 1 is 1.27 bits per heavy atom. The zero-order valence-electron chi connectivity index (χ0n) is 9.17. The maximum absolute atomic E-state index is 5.48. The van der Waals surface area contributed by atoms with Gasteiger partial charge >= 0.3 is 0 Å². The molecule has 0 spiro atoms. The summed E-state index contributed by atoms with van der Waals surface area (Å²) in [5, 5.41) is 0. The summed E-state index contributed by atoms with van der Waals surface area (Å²) >= 11 is 0. The molecule has 80 valence electrons. The van der Waals surface area contributed by atoms with Gasteiger partial charge in [-0.1, -0.05) is 24.8 Å². The highest BCUT2D eigenvalue weighted by atomic mass is 16.6. The van der Waals surface area contributed by atoms with E-state index in [1.165, 1.54) is 25.7 Å². The van der Waals surface area contributed by atoms with E-state index in [1.54, 1.807) is 0 Å². The predicted octanol–water partition coefficient (Wildman–Crippen LogP) is 2.92. The van der Waals surface area contributed by atoms with Gasteiger partial charge in [0, 0.05) is 6.42 Å². The van der Waals surface area contributed by atoms with Gasteiger partial charge in [0.25, 0.3) is 0 Å². The van der Waals surface area contributed by atoms with Crippen LogP contribution in [0.2, 0.25) is 0 Å². The molecule has 0 N–H and O–H groups in total. The molecule has 15 heavy (non-hydrogen) atoms. The third-order valence-electron chi connectivity index (χ3n) is 2.55. The molecule has 2 atom stereocenters. The van der Waals surface area contributed by atoms with E-state index in [0.29, 0.717) is 12.2 Å². The van der Waals surface area contributed by atoms with Gasteiger partial charge in [0.2, 0.25) is 0 Å². The fraction of sp³-hybridized carbons (Fsp3) is 0.571. The van der Waals surface area contributed by atoms with Crippen LogP contribution < -0.4 is 0 Å². The summed E-state index contributed by atoms with van der Waals surface area (Å²) in [6.07, 6.45) is 14.7. The van der Waals surface area contributed by atoms with Crippen LogP contribution in [0.1, 0.15) is 38.5 Å². The highest BCUT2D eigenvalue weighted by Gasteiger charge is 2.36. The molecule has 0 aromatic carbocycles. The average molecular weight is 202 g/mol. The molecule has 0 bridgehead atoms. The first-order chi connectivity index (χ1) is 7.38. The summed E-state index contributed by atoms with van der Waals surface area (Å²) in [6.45, 7) is 3.70. The van der Waals surface area contributed by atoms with Gasteiger partial charge in [-0.3, -0.25) is 0 Å². The molecule has 1 nitrogen and oxygen atoms in total. The van der Waals surface area contributed by atoms with E-state index in [0.717, 1.165) is 12.8 Å². The van der Waals surface area contributed by atoms with Gasteiger partial charge < -0.3 is 4.74 Å². The molecule has 0 aromatic heterocycles. The summed E-state index contributed by atoms with van der Waals surface area (Å²) in [4.78, 5) is 0. The predicted molar refractivity (Wildman–Crippen MR) is 63.2 cm³/mol. The van der Waals surface area contributed by atoms with Crippen LogP contribution in [0, 0.1) is 24.2 Å². The van der Waals surface area contributed by atoms with Crippen LogP contribution >= 0.6 is 0 Å². The molecule has 1 rings (SSSR count). The van der Waals surface area contributed by atoms with Crippen molar-refractivity contribution in [2.45, 2.75) is 50.7 Å². The van der Waals surface area contributed by atoms with Crippen molar-refractivity contribution in [2.24, 2.45) is 0 Å². The molecule has 1 heteroatoms. The van der Waals surface area contributed by atoms with Crippen molar-refractivity contribution in [2.75, 3.05) is 0 Å². The summed E-state index contributed by atoms with van der Waals surface area (Å²) in [5.41, 5.74) is 0. The first kappa shape index (κ1) is 11.9. The smallest absolute Gasteiger partial charge is 0.0951 e. The SMILES string of the molecule is C#CC#CCC1OC1CCCCCC=C. The lowest BCUT2D eigenvalue weighted by molar-refractivity contribution is 0.360. The van der Waals surface area contributed by atoms with Gasteiger partial charge in [-0.15, -0.1) is 13.0 Å². The molecule has 1 fully saturated rings. The second kappa shape index (κ2) is 7.16. The largest absolute Gasteiger partial charge is 0.369 e. The summed E-state index contributed by atoms with van der Waals surface area (Å²) in [5.74, 6) is 7.83. The van der Waals surface area contributed by atoms with Crippen LogP contribution in [0.4, 0.5) is 0 Å². The molecule has 0 saturated carbocycles. The summed E-state index contributed by atoms with van der Waals surface area (Å²) in [7, 11) is 0. The van der Waals surface area contributed by atoms with E-state index in [2.05, 4.69) is 24.3 Å². The van der Waals surface area contributed by atoms with Gasteiger partial charge in [-0.05, 0) is 31.1 Å². The van der Waals surface area contributed by atoms with Crippen LogP contribution in [-0.2, 0) is 4.74 Å². The molecule has 1 heterocycles. The van der Waals surface area contributed by atoms with Crippen molar-refractivity contribution in [3.8, 4) is 24.2 Å². The first-order valence-electron chi connectivity index (χ1n) is 5.58. The maximum atomic E-state index is 5.48. The number of terminal acetylenes is 1. The number of hydrogen-bond acceptors (Lipinski definition) is 1. The molecular formula is C14H18O. The molecular weight excluding hydrogens is 184 g/mol. The highest BCUT2D eigenvalue weighted by Crippen LogP contribution is 2.29. The quantitative estimate of drug-likeness (QED) is 0.268. The minimum atomic E-state index is 0.352. The monoisotopic (exact) mass is 202 g/mol. The number of unbranched alkanes of at least 4 members (excludes halogenated alkanes) is 3. The highest BCUT2D eigenvalue weighted by molar-refractivity contribution is 5.22. The van der Waals surface area contributed by atoms with Gasteiger partial charge in [0.15, 0.2) is 0 Å². The van der Waals surface area contributed by atoms with Crippen molar-refractivity contribution in [3.63, 3.8) is 0 Å². The minimum absolute atomic E-state index is 0.352. The van der Waals surface area contributed by atoms with E-state index < -0.39 is 0 Å². The van der Waals surface area contributed by atoms with Crippen molar-refractivity contribution in [1.82, 2.24) is 0 Å². The molecule has 1 aliphatic rings. The number of allylic oxidation sites excluding steroid dienone is 1. The molecule has 0 aliphatic carbocycles. The molecule has 0 amide bonds. The Morgan fingerprint density at radius 3 is 2.87 bits per heavy atom. The van der Waals surface area contributed by atoms with Crippen molar-refractivity contribution in [1.29, 1.82) is 0 Å². The molecule has 1 aliphatic heterocycles. The molecule has 0 aromatic rings. The van der Waals surface area contributed by atoms with Crippen LogP contribution in [0.3, 0.4) is 0 Å². The van der Waals surface area contributed by atoms with Crippen molar-refractivity contribution in [3.05, 3.63) is 12.7 Å². The zero-order valence-corrected chi connectivity index (χ0v) is 9.17. The second-order valence-corrected chi connectivity index (χ2v) is 3.79. The Bertz CT molecular complexity index is 287. The molecule has 2 unspecified atom stereocenters. The summed E-state index contributed by atoms with van der Waals surface area (Å²) in [6, 6.07) is 0. The Morgan fingerprint density at radius 2 is 2.13 bits per heavy atom. The van der Waals surface area contributed by atoms with Gasteiger partial charge in [-0.25, -0.2) is 0 Å². The standard InChI is InChI=1S/C14H18O/c1-3-5-7-8-10-12-14-13(15-14)11-9-6-4-2/h2-3,13-14H,1,5,7-8,10-12H2. The van der Waals surface area contributed by atoms with Crippen LogP contribution in [0.25, 0.3) is 0 Å². The van der Waals surface area contributed by atoms with E-state index in [1.807, 2.05) is 6.08 Å². The second-order valence-electron chi connectivity index (χ2n) is 3.79. The number of rotatable bonds is 7. The molecule has 1 saturated heterocycles. The third-order valence-corrected chi connectivity index (χ3v) is 2.55. The lowest BCUT2D eigenvalue weighted by atomic mass is 10.1. The van der Waals surface area contributed by atoms with Crippen molar-refractivity contribution >= 4 is 0 Å². The van der Waals surface area contributed by atoms with Gasteiger partial charge in [0.05, 0.1) is 12.2 Å². The molecule has 0 radical (unpaired) electrons. The average Bonchev–Trinajstić information content (AvgIpc) is 2.97. The van der Waals surface area contributed by atoms with E-state index in [9.17, 15) is 0 Å². The Labute approximate surface area is 92.9 Å². The van der Waals surface area contributed by atoms with E-state index in [4.69, 9.17) is 11.2 Å². The van der Waals surface area contributed by atoms with E-state index in [-0.39, 0.29) is 0 Å². The maximum Gasteiger partial charge on any atom is 0.0951 e. The Balaban J connectivity index is 1.93. The van der Waals surface area contributed by atoms with E-state index >= 15 is 0 Å². The van der Waals surface area contributed by atoms with Gasteiger partial charge in [-0.2, -0.15) is 0 Å². The number of hydrogen-bond donors (Lipinski definition) is 0. The Kier molecular flexibility index (Phi) is 5.67. The fourth-order valence-corrected chi connectivity index (χ4v) is 1.63. The fourth-order valence-electron chi connectivity index (χ4n) is 1.63. The van der Waals surface area contributed by atoms with Crippen molar-refractivity contribution < 1.29 is 4.74 Å². The normalized spacial score (nSPS) is 22.3. The lowest BCUT2D eigenvalue weighted by Gasteiger charge is -1.95. The third kappa shape index (κ3) is 5.31. The first-order valence-corrected chi connectivity index (χ1v) is 5.58. The summed E-state index contributed by atoms with van der Waals surface area (Å²) < 4.78 is 5.48.